The lowest BCUT2D eigenvalue weighted by atomic mass is 10.00. The highest BCUT2D eigenvalue weighted by atomic mass is 35.5. The molecule has 0 unspecified atom stereocenters. The number of ether oxygens (including phenoxy) is 2. The van der Waals surface area contributed by atoms with Gasteiger partial charge in [-0.05, 0) is 79.4 Å². The van der Waals surface area contributed by atoms with Gasteiger partial charge >= 0.3 is 6.03 Å². The number of pyridine rings is 2. The fraction of sp³-hybridized carbons (Fsp3) is 0.159. The van der Waals surface area contributed by atoms with Gasteiger partial charge in [0.15, 0.2) is 5.82 Å². The largest absolute Gasteiger partial charge is 0.496 e. The number of aromatic amines is 1. The van der Waals surface area contributed by atoms with Crippen LogP contribution in [-0.2, 0) is 10.0 Å². The van der Waals surface area contributed by atoms with Crippen LogP contribution in [-0.4, -0.2) is 60.0 Å². The molecule has 19 heteroatoms. The molecule has 8 rings (SSSR count). The Bertz CT molecular complexity index is 3020. The number of carbonyl (C=O) groups is 3. The number of sulfonamides is 1. The quantitative estimate of drug-likeness (QED) is 0.0697. The van der Waals surface area contributed by atoms with E-state index < -0.39 is 44.6 Å². The van der Waals surface area contributed by atoms with Crippen molar-refractivity contribution >= 4 is 84.3 Å². The van der Waals surface area contributed by atoms with Crippen LogP contribution in [0.3, 0.4) is 0 Å². The first-order valence-corrected chi connectivity index (χ1v) is 21.6. The second-order valence-corrected chi connectivity index (χ2v) is 16.9. The summed E-state index contributed by atoms with van der Waals surface area (Å²) in [6, 6.07) is 20.2. The third kappa shape index (κ3) is 10.3. The molecule has 3 heterocycles. The number of urea groups is 1. The van der Waals surface area contributed by atoms with Crippen molar-refractivity contribution in [3.8, 4) is 28.4 Å². The monoisotopic (exact) mass is 915 g/mol. The number of aromatic nitrogens is 3. The molecule has 14 nitrogen and oxygen atoms in total. The number of methoxy groups -OCH3 is 1. The number of nitrogens with one attached hydrogen (secondary N) is 4. The number of hydrogen-bond donors (Lipinski definition) is 5. The summed E-state index contributed by atoms with van der Waals surface area (Å²) < 4.78 is 67.0. The van der Waals surface area contributed by atoms with Gasteiger partial charge in [-0.15, -0.1) is 0 Å². The molecule has 63 heavy (non-hydrogen) atoms. The van der Waals surface area contributed by atoms with E-state index in [9.17, 15) is 27.2 Å². The van der Waals surface area contributed by atoms with Crippen molar-refractivity contribution in [2.75, 3.05) is 22.9 Å². The van der Waals surface area contributed by atoms with Crippen molar-refractivity contribution in [1.29, 1.82) is 0 Å². The molecule has 1 aliphatic carbocycles. The first-order valence-electron chi connectivity index (χ1n) is 19.2. The molecular formula is C44H37Cl2F2N7O7S. The van der Waals surface area contributed by atoms with E-state index in [2.05, 4.69) is 30.3 Å². The van der Waals surface area contributed by atoms with Crippen molar-refractivity contribution in [3.63, 3.8) is 0 Å². The normalized spacial score (nSPS) is 12.3. The van der Waals surface area contributed by atoms with Crippen LogP contribution in [0.15, 0.2) is 97.5 Å². The number of benzene rings is 4. The van der Waals surface area contributed by atoms with Crippen molar-refractivity contribution in [3.05, 3.63) is 136 Å². The van der Waals surface area contributed by atoms with Gasteiger partial charge in [0.1, 0.15) is 28.7 Å². The molecule has 3 aromatic heterocycles. The molecule has 0 bridgehead atoms. The zero-order valence-corrected chi connectivity index (χ0v) is 35.7. The van der Waals surface area contributed by atoms with Crippen LogP contribution in [0.1, 0.15) is 52.5 Å². The molecule has 0 aliphatic heterocycles. The highest BCUT2D eigenvalue weighted by molar-refractivity contribution is 7.92. The van der Waals surface area contributed by atoms with Crippen LogP contribution in [0.5, 0.6) is 17.2 Å². The number of amides is 3. The van der Waals surface area contributed by atoms with Crippen LogP contribution >= 0.6 is 23.2 Å². The molecule has 0 spiro atoms. The van der Waals surface area contributed by atoms with Gasteiger partial charge in [-0.2, -0.15) is 0 Å². The molecule has 324 valence electrons. The Kier molecular flexibility index (Phi) is 13.1. The van der Waals surface area contributed by atoms with Crippen molar-refractivity contribution < 1.29 is 41.1 Å². The first kappa shape index (κ1) is 44.2. The van der Waals surface area contributed by atoms with E-state index in [0.717, 1.165) is 30.5 Å². The van der Waals surface area contributed by atoms with Crippen molar-refractivity contribution in [2.45, 2.75) is 32.2 Å². The molecule has 0 atom stereocenters. The van der Waals surface area contributed by atoms with E-state index in [4.69, 9.17) is 38.4 Å². The molecule has 0 radical (unpaired) electrons. The lowest BCUT2D eigenvalue weighted by Crippen LogP contribution is -2.30. The number of primary amides is 1. The van der Waals surface area contributed by atoms with Crippen LogP contribution in [0.25, 0.3) is 33.1 Å². The molecule has 1 aliphatic rings. The maximum atomic E-state index is 15.1. The average Bonchev–Trinajstić information content (AvgIpc) is 3.96. The zero-order valence-electron chi connectivity index (χ0n) is 33.4. The number of fused-ring (bicyclic) bond motifs is 2. The summed E-state index contributed by atoms with van der Waals surface area (Å²) in [5, 5.41) is 7.40. The van der Waals surface area contributed by atoms with E-state index in [1.807, 2.05) is 0 Å². The third-order valence-corrected chi connectivity index (χ3v) is 11.7. The standard InChI is InChI=1S/C23H18ClF2N3O3S.C21H19ClN4O4/c1-2-9-33(31,32)29-19-8-7-18(25)20(21(19)26)22(30)17-12-28-23-16(17)10-14(11-27-23)13-3-5-15(24)6-4-13;1-29-19-10-17-13(9-14(19)20(23)27)18(6-7-24-17)30-12-4-5-16(15(22)8-12)26-21(28)25-11-2-3-11/h3-8,10-12,29H,2,9H2,1H3,(H,27,28);4-11H,2-3H2,1H3,(H2,23,27)(H2,25,26,28). The topological polar surface area (TPSA) is 207 Å². The molecule has 3 amide bonds. The molecule has 7 aromatic rings. The van der Waals surface area contributed by atoms with Gasteiger partial charge in [-0.3, -0.25) is 19.3 Å². The Morgan fingerprint density at radius 1 is 0.889 bits per heavy atom. The molecule has 6 N–H and O–H groups in total. The van der Waals surface area contributed by atoms with E-state index in [1.165, 1.54) is 13.3 Å². The second kappa shape index (κ2) is 18.7. The maximum absolute atomic E-state index is 15.1. The van der Waals surface area contributed by atoms with Crippen LogP contribution in [0, 0.1) is 11.6 Å². The highest BCUT2D eigenvalue weighted by Gasteiger charge is 2.27. The summed E-state index contributed by atoms with van der Waals surface area (Å²) in [7, 11) is -2.38. The minimum Gasteiger partial charge on any atom is -0.496 e. The molecule has 1 saturated carbocycles. The SMILES string of the molecule is CCCS(=O)(=O)Nc1ccc(F)c(C(=O)c2c[nH]c3ncc(-c4ccc(Cl)cc4)cc23)c1F.COc1cc2nccc(Oc3ccc(NC(=O)NC4CC4)c(Cl)c3)c2cc1C(N)=O. The summed E-state index contributed by atoms with van der Waals surface area (Å²) in [4.78, 5) is 48.3. The van der Waals surface area contributed by atoms with E-state index in [1.54, 1.807) is 86.0 Å². The maximum Gasteiger partial charge on any atom is 0.319 e. The predicted molar refractivity (Wildman–Crippen MR) is 238 cm³/mol. The lowest BCUT2D eigenvalue weighted by molar-refractivity contribution is 0.0995. The number of hydrogen-bond acceptors (Lipinski definition) is 9. The number of carbonyl (C=O) groups excluding carboxylic acids is 3. The number of nitrogens with two attached hydrogens (primary N) is 1. The Labute approximate surface area is 369 Å². The molecule has 0 saturated heterocycles. The zero-order chi connectivity index (χ0) is 45.0. The smallest absolute Gasteiger partial charge is 0.319 e. The van der Waals surface area contributed by atoms with Crippen LogP contribution in [0.2, 0.25) is 10.0 Å². The highest BCUT2D eigenvalue weighted by Crippen LogP contribution is 2.36. The van der Waals surface area contributed by atoms with E-state index in [0.29, 0.717) is 66.9 Å². The summed E-state index contributed by atoms with van der Waals surface area (Å²) in [6.07, 6.45) is 6.80. The number of anilines is 2. The molecular weight excluding hydrogens is 879 g/mol. The Hall–Kier alpha value is -6.82. The van der Waals surface area contributed by atoms with Gasteiger partial charge in [-0.25, -0.2) is 27.0 Å². The minimum absolute atomic E-state index is 0.000297. The van der Waals surface area contributed by atoms with Crippen LogP contribution < -0.4 is 30.6 Å². The van der Waals surface area contributed by atoms with Gasteiger partial charge in [0.2, 0.25) is 15.8 Å². The average molecular weight is 917 g/mol. The lowest BCUT2D eigenvalue weighted by Gasteiger charge is -2.13. The van der Waals surface area contributed by atoms with Gasteiger partial charge < -0.3 is 30.8 Å². The summed E-state index contributed by atoms with van der Waals surface area (Å²) in [5.41, 5.74) is 7.21. The fourth-order valence-electron chi connectivity index (χ4n) is 6.41. The van der Waals surface area contributed by atoms with Gasteiger partial charge in [0.05, 0.1) is 45.9 Å². The Morgan fingerprint density at radius 2 is 1.63 bits per heavy atom. The van der Waals surface area contributed by atoms with Crippen molar-refractivity contribution in [2.24, 2.45) is 5.73 Å². The number of nitrogens with zero attached hydrogens (tertiary/aromatic N) is 2. The Morgan fingerprint density at radius 3 is 2.32 bits per heavy atom. The number of ketones is 1. The number of halogens is 4. The molecule has 4 aromatic carbocycles. The predicted octanol–water partition coefficient (Wildman–Crippen LogP) is 9.62. The number of rotatable bonds is 13. The van der Waals surface area contributed by atoms with E-state index >= 15 is 4.39 Å². The van der Waals surface area contributed by atoms with Crippen LogP contribution in [0.4, 0.5) is 25.0 Å². The van der Waals surface area contributed by atoms with Crippen molar-refractivity contribution in [1.82, 2.24) is 20.3 Å². The summed E-state index contributed by atoms with van der Waals surface area (Å²) >= 11 is 12.2. The van der Waals surface area contributed by atoms with E-state index in [-0.39, 0.29) is 29.0 Å². The summed E-state index contributed by atoms with van der Waals surface area (Å²) in [6.45, 7) is 1.65. The third-order valence-electron chi connectivity index (χ3n) is 9.63. The van der Waals surface area contributed by atoms with Gasteiger partial charge in [0.25, 0.3) is 5.91 Å². The van der Waals surface area contributed by atoms with Gasteiger partial charge in [-0.1, -0.05) is 42.3 Å². The minimum atomic E-state index is -3.84. The first-order chi connectivity index (χ1) is 30.1. The summed E-state index contributed by atoms with van der Waals surface area (Å²) in [5.74, 6) is -2.93. The fourth-order valence-corrected chi connectivity index (χ4v) is 7.89. The Balaban J connectivity index is 0.000000190. The number of H-pyrrole nitrogens is 1. The van der Waals surface area contributed by atoms with Gasteiger partial charge in [0, 0.05) is 63.7 Å². The molecule has 1 fully saturated rings. The second-order valence-electron chi connectivity index (χ2n) is 14.2.